The molecule has 16 heavy (non-hydrogen) atoms. The Labute approximate surface area is 107 Å². The summed E-state index contributed by atoms with van der Waals surface area (Å²) >= 11 is 4.12. The molecule has 0 aromatic carbocycles. The van der Waals surface area contributed by atoms with Gasteiger partial charge in [0, 0.05) is 5.41 Å². The van der Waals surface area contributed by atoms with Crippen LogP contribution in [-0.4, -0.2) is 16.7 Å². The lowest BCUT2D eigenvalue weighted by Gasteiger charge is -2.15. The van der Waals surface area contributed by atoms with E-state index in [1.807, 2.05) is 20.8 Å². The third-order valence-corrected chi connectivity index (χ3v) is 3.09. The van der Waals surface area contributed by atoms with Crippen molar-refractivity contribution in [3.63, 3.8) is 0 Å². The predicted molar refractivity (Wildman–Crippen MR) is 67.8 cm³/mol. The highest BCUT2D eigenvalue weighted by Crippen LogP contribution is 2.23. The third kappa shape index (κ3) is 3.38. The number of hydrogen-bond donors (Lipinski definition) is 1. The quantitative estimate of drug-likeness (QED) is 0.874. The molecule has 1 rings (SSSR count). The molecule has 1 N–H and O–H groups in total. The van der Waals surface area contributed by atoms with E-state index in [-0.39, 0.29) is 11.7 Å². The number of Topliss-reactive ketones (excluding diaryl/α,β-unsaturated/α-hetero) is 1. The van der Waals surface area contributed by atoms with Gasteiger partial charge in [-0.15, -0.1) is 0 Å². The number of carbonyl (C=O) groups excluding carboxylic acids is 2. The molecular formula is C10H12BrN2O2S. The first kappa shape index (κ1) is 13.3. The summed E-state index contributed by atoms with van der Waals surface area (Å²) in [5, 5.41) is 4.40. The molecule has 0 saturated heterocycles. The number of nitrogens with one attached hydrogen (secondary N) is 1. The zero-order chi connectivity index (χ0) is 12.3. The van der Waals surface area contributed by atoms with Crippen molar-refractivity contribution in [3.05, 3.63) is 16.4 Å². The van der Waals surface area contributed by atoms with Crippen LogP contribution >= 0.6 is 27.3 Å². The van der Waals surface area contributed by atoms with Crippen LogP contribution in [0.5, 0.6) is 0 Å². The fourth-order valence-electron chi connectivity index (χ4n) is 0.784. The first-order valence-electron chi connectivity index (χ1n) is 4.59. The first-order valence-corrected chi connectivity index (χ1v) is 6.33. The number of hydrogen-bond acceptors (Lipinski definition) is 4. The van der Waals surface area contributed by atoms with Gasteiger partial charge in [0.1, 0.15) is 0 Å². The molecule has 0 aliphatic carbocycles. The first-order chi connectivity index (χ1) is 7.34. The van der Waals surface area contributed by atoms with Crippen LogP contribution in [0.15, 0.2) is 6.20 Å². The Balaban J connectivity index is 2.73. The van der Waals surface area contributed by atoms with E-state index in [1.165, 1.54) is 11.5 Å². The van der Waals surface area contributed by atoms with Crippen LogP contribution in [0.1, 0.15) is 30.4 Å². The van der Waals surface area contributed by atoms with Crippen LogP contribution in [0.4, 0.5) is 5.13 Å². The van der Waals surface area contributed by atoms with E-state index in [4.69, 9.17) is 0 Å². The van der Waals surface area contributed by atoms with Crippen molar-refractivity contribution in [1.82, 2.24) is 4.98 Å². The van der Waals surface area contributed by atoms with E-state index in [9.17, 15) is 9.59 Å². The second-order valence-corrected chi connectivity index (χ2v) is 5.70. The molecule has 0 aliphatic rings. The number of amides is 1. The second kappa shape index (κ2) is 5.05. The summed E-state index contributed by atoms with van der Waals surface area (Å²) in [4.78, 5) is 27.4. The number of ketones is 1. The topological polar surface area (TPSA) is 59.1 Å². The molecule has 0 atom stereocenters. The summed E-state index contributed by atoms with van der Waals surface area (Å²) < 4.78 is 0. The molecule has 0 saturated carbocycles. The van der Waals surface area contributed by atoms with Gasteiger partial charge in [-0.3, -0.25) is 9.59 Å². The van der Waals surface area contributed by atoms with Crippen molar-refractivity contribution < 1.29 is 9.59 Å². The molecule has 1 aromatic heterocycles. The lowest BCUT2D eigenvalue weighted by atomic mass is 9.96. The van der Waals surface area contributed by atoms with Crippen molar-refractivity contribution in [3.8, 4) is 0 Å². The molecule has 87 valence electrons. The molecule has 1 radical (unpaired) electrons. The molecule has 0 fully saturated rings. The largest absolute Gasteiger partial charge is 0.302 e. The summed E-state index contributed by atoms with van der Waals surface area (Å²) in [7, 11) is 0. The summed E-state index contributed by atoms with van der Waals surface area (Å²) in [6.45, 7) is 5.44. The van der Waals surface area contributed by atoms with Gasteiger partial charge in [-0.1, -0.05) is 48.0 Å². The molecule has 1 aromatic rings. The molecular weight excluding hydrogens is 292 g/mol. The summed E-state index contributed by atoms with van der Waals surface area (Å²) in [5.74, 6) is -0.280. The van der Waals surface area contributed by atoms with Gasteiger partial charge in [0.25, 0.3) is 0 Å². The van der Waals surface area contributed by atoms with Gasteiger partial charge in [-0.2, -0.15) is 0 Å². The van der Waals surface area contributed by atoms with Gasteiger partial charge in [-0.25, -0.2) is 4.98 Å². The Kier molecular flexibility index (Phi) is 4.21. The van der Waals surface area contributed by atoms with Crippen molar-refractivity contribution in [1.29, 1.82) is 0 Å². The van der Waals surface area contributed by atoms with Crippen LogP contribution in [-0.2, 0) is 4.79 Å². The minimum Gasteiger partial charge on any atom is -0.302 e. The van der Waals surface area contributed by atoms with E-state index in [2.05, 4.69) is 26.2 Å². The lowest BCUT2D eigenvalue weighted by molar-refractivity contribution is -0.123. The standard InChI is InChI=1S/C10H12BrN2O2S/c1-10(2,3)8(15)13-9-12-5-7(16-9)6(14)4-11/h4-5H,1-3H3,(H,12,13,15). The molecule has 6 heteroatoms. The monoisotopic (exact) mass is 303 g/mol. The zero-order valence-corrected chi connectivity index (χ0v) is 11.6. The number of nitrogens with zero attached hydrogens (tertiary/aromatic N) is 1. The van der Waals surface area contributed by atoms with E-state index in [0.29, 0.717) is 10.0 Å². The number of rotatable bonds is 3. The fourth-order valence-corrected chi connectivity index (χ4v) is 1.90. The van der Waals surface area contributed by atoms with Crippen LogP contribution < -0.4 is 5.32 Å². The maximum Gasteiger partial charge on any atom is 0.231 e. The molecule has 1 heterocycles. The van der Waals surface area contributed by atoms with Gasteiger partial charge in [0.2, 0.25) is 5.91 Å². The van der Waals surface area contributed by atoms with E-state index < -0.39 is 5.41 Å². The number of carbonyl (C=O) groups is 2. The molecule has 0 spiro atoms. The second-order valence-electron chi connectivity index (χ2n) is 4.21. The van der Waals surface area contributed by atoms with Crippen LogP contribution in [0, 0.1) is 10.7 Å². The van der Waals surface area contributed by atoms with Crippen molar-refractivity contribution >= 4 is 44.1 Å². The van der Waals surface area contributed by atoms with Crippen LogP contribution in [0.2, 0.25) is 0 Å². The predicted octanol–water partition coefficient (Wildman–Crippen LogP) is 2.87. The molecule has 0 unspecified atom stereocenters. The normalized spacial score (nSPS) is 11.2. The highest BCUT2D eigenvalue weighted by atomic mass is 79.9. The highest BCUT2D eigenvalue weighted by Gasteiger charge is 2.22. The minimum atomic E-state index is -0.475. The van der Waals surface area contributed by atoms with E-state index in [0.717, 1.165) is 11.3 Å². The summed E-state index contributed by atoms with van der Waals surface area (Å²) in [6.07, 6.45) is 1.45. The van der Waals surface area contributed by atoms with Crippen LogP contribution in [0.25, 0.3) is 0 Å². The SMILES string of the molecule is CC(C)(C)C(=O)Nc1ncc(C(=O)[CH]Br)s1. The summed E-state index contributed by atoms with van der Waals surface area (Å²) in [6, 6.07) is 0. The van der Waals surface area contributed by atoms with Crippen molar-refractivity contribution in [2.45, 2.75) is 20.8 Å². The van der Waals surface area contributed by atoms with Crippen LogP contribution in [0.3, 0.4) is 0 Å². The highest BCUT2D eigenvalue weighted by molar-refractivity contribution is 9.11. The smallest absolute Gasteiger partial charge is 0.231 e. The molecule has 0 aliphatic heterocycles. The average molecular weight is 304 g/mol. The zero-order valence-electron chi connectivity index (χ0n) is 9.20. The molecule has 1 amide bonds. The maximum absolute atomic E-state index is 11.6. The molecule has 4 nitrogen and oxygen atoms in total. The van der Waals surface area contributed by atoms with Gasteiger partial charge >= 0.3 is 0 Å². The Morgan fingerprint density at radius 1 is 1.50 bits per heavy atom. The van der Waals surface area contributed by atoms with Gasteiger partial charge in [0.05, 0.1) is 16.4 Å². The number of aromatic nitrogens is 1. The maximum atomic E-state index is 11.6. The number of anilines is 1. The van der Waals surface area contributed by atoms with E-state index >= 15 is 0 Å². The van der Waals surface area contributed by atoms with Crippen molar-refractivity contribution in [2.75, 3.05) is 5.32 Å². The Bertz CT molecular complexity index is 409. The fraction of sp³-hybridized carbons (Fsp3) is 0.400. The minimum absolute atomic E-state index is 0.122. The Morgan fingerprint density at radius 3 is 2.62 bits per heavy atom. The summed E-state index contributed by atoms with van der Waals surface area (Å²) in [5.41, 5.74) is -0.475. The van der Waals surface area contributed by atoms with E-state index in [1.54, 1.807) is 0 Å². The Hall–Kier alpha value is -0.750. The third-order valence-electron chi connectivity index (χ3n) is 1.75. The lowest BCUT2D eigenvalue weighted by Crippen LogP contribution is -2.27. The van der Waals surface area contributed by atoms with Gasteiger partial charge in [0.15, 0.2) is 10.9 Å². The Morgan fingerprint density at radius 2 is 2.12 bits per heavy atom. The van der Waals surface area contributed by atoms with Gasteiger partial charge < -0.3 is 5.32 Å². The van der Waals surface area contributed by atoms with Crippen molar-refractivity contribution in [2.24, 2.45) is 5.41 Å². The average Bonchev–Trinajstić information content (AvgIpc) is 2.63. The number of halogens is 1. The molecule has 0 bridgehead atoms. The van der Waals surface area contributed by atoms with Gasteiger partial charge in [-0.05, 0) is 0 Å². The number of thiazole rings is 1.